The van der Waals surface area contributed by atoms with E-state index in [4.69, 9.17) is 9.97 Å². The molecule has 466 valence electrons. The predicted molar refractivity (Wildman–Crippen MR) is 369 cm³/mol. The van der Waals surface area contributed by atoms with Crippen LogP contribution in [0, 0.1) is 0 Å². The molecule has 5 N–H and O–H groups in total. The number of benzene rings is 5. The van der Waals surface area contributed by atoms with E-state index in [0.29, 0.717) is 87.1 Å². The zero-order chi connectivity index (χ0) is 64.3. The Hall–Kier alpha value is -9.35. The Labute approximate surface area is 556 Å². The number of nitrogens with zero attached hydrogens (tertiary/aromatic N) is 8. The van der Waals surface area contributed by atoms with Crippen molar-refractivity contribution in [2.75, 3.05) is 19.6 Å². The monoisotopic (exact) mass is 1320 g/mol. The van der Waals surface area contributed by atoms with Gasteiger partial charge in [0, 0.05) is 76.0 Å². The summed E-state index contributed by atoms with van der Waals surface area (Å²) in [5, 5.41) is 48.9. The van der Waals surface area contributed by atoms with Crippen LogP contribution >= 0.6 is 0 Å². The maximum atomic E-state index is 12.6. The zero-order valence-electron chi connectivity index (χ0n) is 52.2. The molecule has 15 nitrogen and oxygen atoms in total. The van der Waals surface area contributed by atoms with Crippen LogP contribution in [0.25, 0.3) is 78.2 Å². The van der Waals surface area contributed by atoms with E-state index in [1.54, 1.807) is 56.7 Å². The summed E-state index contributed by atoms with van der Waals surface area (Å²) >= 11 is 0. The van der Waals surface area contributed by atoms with Gasteiger partial charge in [0.05, 0.1) is 45.6 Å². The number of carbonyl (C=O) groups excluding carboxylic acids is 2. The van der Waals surface area contributed by atoms with E-state index < -0.39 is 14.2 Å². The third kappa shape index (κ3) is 18.0. The van der Waals surface area contributed by atoms with Crippen LogP contribution in [-0.2, 0) is 55.2 Å². The molecule has 6 heterocycles. The number of rotatable bonds is 26. The summed E-state index contributed by atoms with van der Waals surface area (Å²) in [7, 11) is -3.28. The molecule has 0 aliphatic carbocycles. The van der Waals surface area contributed by atoms with Gasteiger partial charge < -0.3 is 25.4 Å². The summed E-state index contributed by atoms with van der Waals surface area (Å²) in [4.78, 5) is 57.0. The molecular weight excluding hydrogens is 1250 g/mol. The van der Waals surface area contributed by atoms with E-state index in [-0.39, 0.29) is 31.2 Å². The number of fused-ring (bicyclic) bond motifs is 2. The number of allylic oxidation sites excluding steroid dienone is 1. The Morgan fingerprint density at radius 3 is 1.35 bits per heavy atom. The second-order valence-electron chi connectivity index (χ2n) is 22.8. The SMILES string of the molecule is C=C(C)C(=O)CCCCN(Cc1ccccc1B(O)O)Cc1c2ccccc2c(CN(CCCNC(=O)C(=C)C)Cc2ccccc2B(O)O)c2ccc(-c3ccnc(-c4ccccn4)c3)cc12.[Ru+2].c1ccc(-c2cccc(-c3cccc(-c4ccccn4)n3)n2)nc1. The first kappa shape index (κ1) is 68.0. The molecule has 5 aromatic carbocycles. The molecule has 0 spiro atoms. The van der Waals surface area contributed by atoms with E-state index in [2.05, 4.69) is 96.7 Å². The molecule has 0 saturated heterocycles. The Morgan fingerprint density at radius 2 is 0.860 bits per heavy atom. The van der Waals surface area contributed by atoms with Crippen LogP contribution < -0.4 is 16.2 Å². The van der Waals surface area contributed by atoms with Crippen molar-refractivity contribution >= 4 is 58.4 Å². The van der Waals surface area contributed by atoms with Gasteiger partial charge in [-0.05, 0) is 190 Å². The van der Waals surface area contributed by atoms with E-state index in [1.807, 2.05) is 128 Å². The normalized spacial score (nSPS) is 11.0. The van der Waals surface area contributed by atoms with Gasteiger partial charge in [0.1, 0.15) is 0 Å². The van der Waals surface area contributed by atoms with Gasteiger partial charge in [-0.15, -0.1) is 0 Å². The quantitative estimate of drug-likeness (QED) is 0.0148. The van der Waals surface area contributed by atoms with Crippen LogP contribution in [0.4, 0.5) is 0 Å². The molecule has 0 unspecified atom stereocenters. The number of ketones is 1. The largest absolute Gasteiger partial charge is 2.00 e. The van der Waals surface area contributed by atoms with Gasteiger partial charge in [-0.2, -0.15) is 0 Å². The molecule has 0 aliphatic rings. The maximum Gasteiger partial charge on any atom is 2.00 e. The van der Waals surface area contributed by atoms with Crippen molar-refractivity contribution in [3.8, 4) is 56.7 Å². The third-order valence-corrected chi connectivity index (χ3v) is 16.0. The van der Waals surface area contributed by atoms with Crippen molar-refractivity contribution in [1.29, 1.82) is 0 Å². The molecule has 18 heteroatoms. The summed E-state index contributed by atoms with van der Waals surface area (Å²) in [5.74, 6) is -0.144. The van der Waals surface area contributed by atoms with Crippen molar-refractivity contribution in [2.24, 2.45) is 0 Å². The van der Waals surface area contributed by atoms with Crippen molar-refractivity contribution in [2.45, 2.75) is 65.7 Å². The van der Waals surface area contributed by atoms with Crippen molar-refractivity contribution in [3.05, 3.63) is 265 Å². The van der Waals surface area contributed by atoms with Crippen LogP contribution in [0.5, 0.6) is 0 Å². The van der Waals surface area contributed by atoms with Gasteiger partial charge in [0.2, 0.25) is 5.91 Å². The molecule has 0 aliphatic heterocycles. The zero-order valence-corrected chi connectivity index (χ0v) is 53.9. The van der Waals surface area contributed by atoms with E-state index in [1.165, 1.54) is 0 Å². The second-order valence-corrected chi connectivity index (χ2v) is 22.8. The van der Waals surface area contributed by atoms with Crippen molar-refractivity contribution in [3.63, 3.8) is 0 Å². The summed E-state index contributed by atoms with van der Waals surface area (Å²) in [6.07, 6.45) is 9.56. The minimum atomic E-state index is -1.64. The van der Waals surface area contributed by atoms with Crippen LogP contribution in [0.15, 0.2) is 243 Å². The number of pyridine rings is 6. The summed E-state index contributed by atoms with van der Waals surface area (Å²) in [6.45, 7) is 14.6. The first-order chi connectivity index (χ1) is 44.8. The number of amides is 1. The van der Waals surface area contributed by atoms with Crippen LogP contribution in [0.1, 0.15) is 61.8 Å². The summed E-state index contributed by atoms with van der Waals surface area (Å²) in [5.41, 5.74) is 14.1. The number of aromatic nitrogens is 6. The molecule has 0 radical (unpaired) electrons. The second kappa shape index (κ2) is 33.3. The Kier molecular flexibility index (Phi) is 24.4. The topological polar surface area (TPSA) is 211 Å². The van der Waals surface area contributed by atoms with Gasteiger partial charge in [0.15, 0.2) is 5.78 Å². The van der Waals surface area contributed by atoms with Crippen LogP contribution in [-0.4, -0.2) is 105 Å². The predicted octanol–water partition coefficient (Wildman–Crippen LogP) is 11.1. The molecule has 0 saturated carbocycles. The molecule has 6 aromatic heterocycles. The number of nitrogens with one attached hydrogen (secondary N) is 1. The van der Waals surface area contributed by atoms with Crippen molar-refractivity contribution in [1.82, 2.24) is 45.0 Å². The van der Waals surface area contributed by atoms with E-state index >= 15 is 0 Å². The average molecular weight is 1320 g/mol. The number of hydrogen-bond donors (Lipinski definition) is 5. The number of hydrogen-bond acceptors (Lipinski definition) is 14. The third-order valence-electron chi connectivity index (χ3n) is 16.0. The van der Waals surface area contributed by atoms with Crippen LogP contribution in [0.3, 0.4) is 0 Å². The molecular formula is C75H73B2N9O6Ru+2. The summed E-state index contributed by atoms with van der Waals surface area (Å²) < 4.78 is 0. The van der Waals surface area contributed by atoms with Crippen molar-refractivity contribution < 1.29 is 49.2 Å². The minimum absolute atomic E-state index is 0. The smallest absolute Gasteiger partial charge is 0.423 e. The molecule has 0 fully saturated rings. The minimum Gasteiger partial charge on any atom is -0.423 e. The first-order valence-corrected chi connectivity index (χ1v) is 30.8. The Bertz CT molecular complexity index is 4280. The molecule has 0 bridgehead atoms. The maximum absolute atomic E-state index is 12.6. The first-order valence-electron chi connectivity index (χ1n) is 30.8. The standard InChI is InChI=1S/C55H59B2N5O6.C20H14N4.Ru/c1-38(2)54(63)23-12-14-30-61(34-42-16-5-9-20-50(42)56(65)66)37-49-45-19-8-7-18-44(45)48(36-62(31-15-28-60-55(64)39(3)4)35-43-17-6-10-21-51(43)57(67)68)46-25-24-40(32-47(46)49)41-26-29-59-53(33-41)52-22-11-13-27-58-52;1-3-13-21-15(7-1)17-9-5-11-19(23-17)20-12-6-10-18(24-20)16-8-2-4-14-22-16;/h5-11,13,16-22,24-27,29,32-33,65-68H,1,3,12,14-15,23,28,30-31,34-37H2,2,4H3,(H,60,64);1-14H;/q;;+2. The molecule has 0 atom stereocenters. The molecule has 11 rings (SSSR count). The van der Waals surface area contributed by atoms with Gasteiger partial charge in [0.25, 0.3) is 0 Å². The van der Waals surface area contributed by atoms with Gasteiger partial charge >= 0.3 is 33.7 Å². The van der Waals surface area contributed by atoms with E-state index in [0.717, 1.165) is 107 Å². The molecule has 93 heavy (non-hydrogen) atoms. The Balaban J connectivity index is 0.000000338. The van der Waals surface area contributed by atoms with Gasteiger partial charge in [-0.3, -0.25) is 39.3 Å². The van der Waals surface area contributed by atoms with Gasteiger partial charge in [-0.25, -0.2) is 9.97 Å². The fourth-order valence-corrected chi connectivity index (χ4v) is 11.3. The Morgan fingerprint density at radius 1 is 0.430 bits per heavy atom. The van der Waals surface area contributed by atoms with Gasteiger partial charge in [-0.1, -0.05) is 128 Å². The number of unbranched alkanes of at least 4 members (excludes halogenated alkanes) is 1. The molecule has 11 aromatic rings. The molecule has 1 amide bonds. The fraction of sp³-hybridized carbons (Fsp3) is 0.173. The number of carbonyl (C=O) groups is 2. The summed E-state index contributed by atoms with van der Waals surface area (Å²) in [6, 6.07) is 62.9. The fourth-order valence-electron chi connectivity index (χ4n) is 11.3. The number of Topliss-reactive ketones (excluding diaryl/α,β-unsaturated/α-hetero) is 1. The average Bonchev–Trinajstić information content (AvgIpc) is 0.755. The van der Waals surface area contributed by atoms with E-state index in [9.17, 15) is 29.7 Å². The van der Waals surface area contributed by atoms with Crippen LogP contribution in [0.2, 0.25) is 0 Å².